The van der Waals surface area contributed by atoms with Crippen LogP contribution in [0, 0.1) is 12.8 Å². The van der Waals surface area contributed by atoms with E-state index in [-0.39, 0.29) is 41.9 Å². The molecule has 0 aliphatic carbocycles. The Balaban J connectivity index is 1.33. The Morgan fingerprint density at radius 1 is 1.00 bits per heavy atom. The lowest BCUT2D eigenvalue weighted by Gasteiger charge is -2.38. The van der Waals surface area contributed by atoms with Gasteiger partial charge in [-0.05, 0) is 80.6 Å². The first kappa shape index (κ1) is 36.4. The molecule has 264 valence electrons. The summed E-state index contributed by atoms with van der Waals surface area (Å²) in [6.07, 6.45) is -5.08. The zero-order chi connectivity index (χ0) is 36.0. The number of carbonyl (C=O) groups is 2. The number of aryl methyl sites for hydroxylation is 1. The highest BCUT2D eigenvalue weighted by Gasteiger charge is 2.35. The van der Waals surface area contributed by atoms with Gasteiger partial charge in [0, 0.05) is 25.6 Å². The van der Waals surface area contributed by atoms with Gasteiger partial charge in [-0.2, -0.15) is 13.2 Å². The minimum atomic E-state index is -4.48. The second-order valence-corrected chi connectivity index (χ2v) is 13.0. The molecule has 0 fully saturated rings. The Kier molecular flexibility index (Phi) is 11.5. The Labute approximate surface area is 290 Å². The SMILES string of the molecule is Cc1ccc(Oc2ccc(CN(C)C[C@H]3Oc4c(NC(=O)Cc5ccc(C(F)(F)F)cc5)cccc4C(=O)N([C@@H](C)CO)C[C@H]3C)cc2)cc1. The van der Waals surface area contributed by atoms with E-state index in [0.717, 1.165) is 34.8 Å². The Morgan fingerprint density at radius 2 is 1.62 bits per heavy atom. The molecule has 3 atom stereocenters. The number of halogens is 3. The first-order chi connectivity index (χ1) is 23.8. The molecule has 0 spiro atoms. The van der Waals surface area contributed by atoms with Gasteiger partial charge in [0.25, 0.3) is 5.91 Å². The lowest BCUT2D eigenvalue weighted by Crippen LogP contribution is -2.49. The average Bonchev–Trinajstić information content (AvgIpc) is 3.08. The zero-order valence-electron chi connectivity index (χ0n) is 28.5. The van der Waals surface area contributed by atoms with Crippen LogP contribution in [0.1, 0.15) is 46.5 Å². The van der Waals surface area contributed by atoms with Gasteiger partial charge >= 0.3 is 6.18 Å². The molecule has 0 unspecified atom stereocenters. The fourth-order valence-corrected chi connectivity index (χ4v) is 5.84. The molecule has 1 aliphatic heterocycles. The lowest BCUT2D eigenvalue weighted by atomic mass is 9.98. The zero-order valence-corrected chi connectivity index (χ0v) is 28.5. The van der Waals surface area contributed by atoms with Crippen LogP contribution in [0.15, 0.2) is 91.0 Å². The molecule has 1 heterocycles. The predicted molar refractivity (Wildman–Crippen MR) is 185 cm³/mol. The monoisotopic (exact) mass is 689 g/mol. The van der Waals surface area contributed by atoms with E-state index in [1.807, 2.05) is 69.4 Å². The summed E-state index contributed by atoms with van der Waals surface area (Å²) < 4.78 is 51.6. The third-order valence-corrected chi connectivity index (χ3v) is 8.74. The number of benzene rings is 4. The third kappa shape index (κ3) is 9.22. The highest BCUT2D eigenvalue weighted by molar-refractivity contribution is 6.02. The van der Waals surface area contributed by atoms with Crippen molar-refractivity contribution in [3.63, 3.8) is 0 Å². The van der Waals surface area contributed by atoms with Gasteiger partial charge in [0.15, 0.2) is 5.75 Å². The van der Waals surface area contributed by atoms with Crippen LogP contribution in [0.3, 0.4) is 0 Å². The summed E-state index contributed by atoms with van der Waals surface area (Å²) in [7, 11) is 1.98. The highest BCUT2D eigenvalue weighted by atomic mass is 19.4. The van der Waals surface area contributed by atoms with Gasteiger partial charge in [-0.25, -0.2) is 0 Å². The molecule has 0 bridgehead atoms. The number of ether oxygens (including phenoxy) is 2. The molecular formula is C39H42F3N3O5. The maximum Gasteiger partial charge on any atom is 0.416 e. The maximum atomic E-state index is 13.8. The van der Waals surface area contributed by atoms with E-state index in [1.54, 1.807) is 30.0 Å². The first-order valence-electron chi connectivity index (χ1n) is 16.5. The summed E-state index contributed by atoms with van der Waals surface area (Å²) in [6, 6.07) is 24.5. The van der Waals surface area contributed by atoms with Crippen molar-refractivity contribution in [1.82, 2.24) is 9.80 Å². The quantitative estimate of drug-likeness (QED) is 0.171. The predicted octanol–water partition coefficient (Wildman–Crippen LogP) is 7.34. The Hall–Kier alpha value is -4.87. The van der Waals surface area contributed by atoms with Gasteiger partial charge in [0.05, 0.1) is 35.9 Å². The van der Waals surface area contributed by atoms with Gasteiger partial charge in [-0.15, -0.1) is 0 Å². The van der Waals surface area contributed by atoms with Gasteiger partial charge < -0.3 is 24.8 Å². The van der Waals surface area contributed by atoms with E-state index in [0.29, 0.717) is 25.2 Å². The fourth-order valence-electron chi connectivity index (χ4n) is 5.84. The third-order valence-electron chi connectivity index (χ3n) is 8.74. The fraction of sp³-hybridized carbons (Fsp3) is 0.333. The van der Waals surface area contributed by atoms with Crippen molar-refractivity contribution in [2.45, 2.75) is 52.1 Å². The van der Waals surface area contributed by atoms with Gasteiger partial charge in [-0.1, -0.05) is 55.0 Å². The number of rotatable bonds is 11. The molecule has 4 aromatic carbocycles. The Bertz CT molecular complexity index is 1760. The summed E-state index contributed by atoms with van der Waals surface area (Å²) in [5, 5.41) is 12.8. The molecule has 1 aliphatic rings. The van der Waals surface area contributed by atoms with Crippen molar-refractivity contribution in [2.24, 2.45) is 5.92 Å². The van der Waals surface area contributed by atoms with Gasteiger partial charge in [0.1, 0.15) is 17.6 Å². The number of para-hydroxylation sites is 1. The normalized spacial score (nSPS) is 17.0. The number of hydrogen-bond donors (Lipinski definition) is 2. The summed E-state index contributed by atoms with van der Waals surface area (Å²) in [5.74, 6) is 0.708. The smallest absolute Gasteiger partial charge is 0.416 e. The van der Waals surface area contributed by atoms with Crippen LogP contribution in [0.5, 0.6) is 17.2 Å². The molecule has 50 heavy (non-hydrogen) atoms. The van der Waals surface area contributed by atoms with E-state index < -0.39 is 29.8 Å². The van der Waals surface area contributed by atoms with Gasteiger partial charge in [-0.3, -0.25) is 14.5 Å². The van der Waals surface area contributed by atoms with Crippen molar-refractivity contribution in [1.29, 1.82) is 0 Å². The summed E-state index contributed by atoms with van der Waals surface area (Å²) in [5.41, 5.74) is 2.33. The van der Waals surface area contributed by atoms with Crippen LogP contribution in [-0.4, -0.2) is 65.6 Å². The van der Waals surface area contributed by atoms with Crippen molar-refractivity contribution in [2.75, 3.05) is 32.1 Å². The van der Waals surface area contributed by atoms with Crippen molar-refractivity contribution < 1.29 is 37.3 Å². The number of aliphatic hydroxyl groups is 1. The molecule has 2 N–H and O–H groups in total. The Morgan fingerprint density at radius 3 is 2.24 bits per heavy atom. The molecule has 4 aromatic rings. The first-order valence-corrected chi connectivity index (χ1v) is 16.5. The average molecular weight is 690 g/mol. The van der Waals surface area contributed by atoms with Crippen LogP contribution in [0.2, 0.25) is 0 Å². The van der Waals surface area contributed by atoms with Crippen LogP contribution < -0.4 is 14.8 Å². The minimum absolute atomic E-state index is 0.162. The molecule has 8 nitrogen and oxygen atoms in total. The highest BCUT2D eigenvalue weighted by Crippen LogP contribution is 2.35. The number of alkyl halides is 3. The number of likely N-dealkylation sites (N-methyl/N-ethyl adjacent to an activating group) is 1. The van der Waals surface area contributed by atoms with Crippen molar-refractivity contribution in [3.8, 4) is 17.2 Å². The number of fused-ring (bicyclic) bond motifs is 1. The standard InChI is InChI=1S/C39H42F3N3O5/c1-25-8-16-31(17-9-25)49-32-18-12-29(13-19-32)22-44(4)23-35-26(2)21-45(27(3)24-46)38(48)33-6-5-7-34(37(33)50-35)43-36(47)20-28-10-14-30(15-11-28)39(40,41)42/h5-19,26-27,35,46H,20-24H2,1-4H3,(H,43,47)/t26-,27+,35-/m1/s1. The van der Waals surface area contributed by atoms with Crippen LogP contribution in [-0.2, 0) is 23.9 Å². The van der Waals surface area contributed by atoms with E-state index >= 15 is 0 Å². The lowest BCUT2D eigenvalue weighted by molar-refractivity contribution is -0.137. The molecule has 0 saturated carbocycles. The molecule has 0 aromatic heterocycles. The van der Waals surface area contributed by atoms with E-state index in [4.69, 9.17) is 9.47 Å². The van der Waals surface area contributed by atoms with E-state index in [2.05, 4.69) is 10.2 Å². The summed E-state index contributed by atoms with van der Waals surface area (Å²) in [4.78, 5) is 30.7. The van der Waals surface area contributed by atoms with Crippen LogP contribution in [0.25, 0.3) is 0 Å². The second kappa shape index (κ2) is 15.8. The number of amides is 2. The van der Waals surface area contributed by atoms with Crippen molar-refractivity contribution in [3.05, 3.63) is 119 Å². The number of anilines is 1. The topological polar surface area (TPSA) is 91.3 Å². The largest absolute Gasteiger partial charge is 0.486 e. The molecule has 0 saturated heterocycles. The number of nitrogens with zero attached hydrogens (tertiary/aromatic N) is 2. The van der Waals surface area contributed by atoms with Gasteiger partial charge in [0.2, 0.25) is 5.91 Å². The molecule has 5 rings (SSSR count). The molecule has 0 radical (unpaired) electrons. The number of aliphatic hydroxyl groups excluding tert-OH is 1. The second-order valence-electron chi connectivity index (χ2n) is 13.0. The molecule has 11 heteroatoms. The van der Waals surface area contributed by atoms with Crippen LogP contribution >= 0.6 is 0 Å². The minimum Gasteiger partial charge on any atom is -0.486 e. The summed E-state index contributed by atoms with van der Waals surface area (Å²) in [6.45, 7) is 6.97. The molecular weight excluding hydrogens is 647 g/mol. The number of hydrogen-bond acceptors (Lipinski definition) is 6. The maximum absolute atomic E-state index is 13.8. The van der Waals surface area contributed by atoms with E-state index in [1.165, 1.54) is 12.1 Å². The van der Waals surface area contributed by atoms with Crippen LogP contribution in [0.4, 0.5) is 18.9 Å². The van der Waals surface area contributed by atoms with E-state index in [9.17, 15) is 27.9 Å². The molecule has 2 amide bonds. The summed E-state index contributed by atoms with van der Waals surface area (Å²) >= 11 is 0. The van der Waals surface area contributed by atoms with Crippen molar-refractivity contribution >= 4 is 17.5 Å². The number of carbonyl (C=O) groups excluding carboxylic acids is 2. The number of nitrogens with one attached hydrogen (secondary N) is 1.